The van der Waals surface area contributed by atoms with Gasteiger partial charge in [0.2, 0.25) is 0 Å². The highest BCUT2D eigenvalue weighted by Crippen LogP contribution is 2.29. The second-order valence-electron chi connectivity index (χ2n) is 5.23. The molecule has 2 N–H and O–H groups in total. The zero-order valence-electron chi connectivity index (χ0n) is 12.6. The molecule has 4 heteroatoms. The average molecular weight is 300 g/mol. The van der Waals surface area contributed by atoms with E-state index in [0.29, 0.717) is 11.3 Å². The predicted molar refractivity (Wildman–Crippen MR) is 89.6 cm³/mol. The zero-order valence-corrected chi connectivity index (χ0v) is 13.4. The summed E-state index contributed by atoms with van der Waals surface area (Å²) < 4.78 is 0. The summed E-state index contributed by atoms with van der Waals surface area (Å²) >= 11 is 1.66. The van der Waals surface area contributed by atoms with E-state index >= 15 is 0 Å². The van der Waals surface area contributed by atoms with Gasteiger partial charge in [0.15, 0.2) is 0 Å². The van der Waals surface area contributed by atoms with Crippen LogP contribution in [-0.2, 0) is 5.75 Å². The maximum Gasteiger partial charge on any atom is 0.253 e. The van der Waals surface area contributed by atoms with Crippen molar-refractivity contribution in [2.75, 3.05) is 19.8 Å². The molecule has 0 aliphatic heterocycles. The number of thioether (sulfide) groups is 1. The predicted octanol–water partition coefficient (Wildman–Crippen LogP) is 3.57. The third kappa shape index (κ3) is 4.02. The largest absolute Gasteiger partial charge is 0.398 e. The smallest absolute Gasteiger partial charge is 0.253 e. The van der Waals surface area contributed by atoms with Gasteiger partial charge in [0.1, 0.15) is 0 Å². The lowest BCUT2D eigenvalue weighted by molar-refractivity contribution is 0.0827. The van der Waals surface area contributed by atoms with Gasteiger partial charge in [-0.1, -0.05) is 29.8 Å². The van der Waals surface area contributed by atoms with Crippen molar-refractivity contribution in [3.8, 4) is 0 Å². The van der Waals surface area contributed by atoms with E-state index in [2.05, 4.69) is 31.2 Å². The molecule has 2 rings (SSSR count). The minimum Gasteiger partial charge on any atom is -0.398 e. The topological polar surface area (TPSA) is 46.3 Å². The number of amides is 1. The Balaban J connectivity index is 2.16. The Morgan fingerprint density at radius 3 is 2.62 bits per heavy atom. The minimum absolute atomic E-state index is 0.00703. The van der Waals surface area contributed by atoms with Crippen LogP contribution in [-0.4, -0.2) is 24.9 Å². The summed E-state index contributed by atoms with van der Waals surface area (Å²) in [4.78, 5) is 14.5. The van der Waals surface area contributed by atoms with E-state index in [9.17, 15) is 4.79 Å². The van der Waals surface area contributed by atoms with Crippen molar-refractivity contribution in [3.05, 3.63) is 59.2 Å². The molecular weight excluding hydrogens is 280 g/mol. The Bertz CT molecular complexity index is 653. The van der Waals surface area contributed by atoms with E-state index in [1.165, 1.54) is 11.1 Å². The molecule has 1 amide bonds. The van der Waals surface area contributed by atoms with Crippen LogP contribution in [0.25, 0.3) is 0 Å². The average Bonchev–Trinajstić information content (AvgIpc) is 2.45. The summed E-state index contributed by atoms with van der Waals surface area (Å²) in [5.41, 5.74) is 9.89. The van der Waals surface area contributed by atoms with Gasteiger partial charge in [0.25, 0.3) is 5.91 Å². The van der Waals surface area contributed by atoms with Crippen LogP contribution in [0.4, 0.5) is 5.69 Å². The summed E-state index contributed by atoms with van der Waals surface area (Å²) in [5, 5.41) is 0. The number of benzene rings is 2. The van der Waals surface area contributed by atoms with Crippen molar-refractivity contribution in [3.63, 3.8) is 0 Å². The van der Waals surface area contributed by atoms with Crippen molar-refractivity contribution < 1.29 is 4.79 Å². The maximum atomic E-state index is 12.0. The number of hydrogen-bond acceptors (Lipinski definition) is 3. The summed E-state index contributed by atoms with van der Waals surface area (Å²) in [6, 6.07) is 13.9. The standard InChI is InChI=1S/C17H20N2OS/c1-12-5-4-6-13(9-12)11-21-16-10-14(7-8-15(16)18)17(20)19(2)3/h4-10H,11,18H2,1-3H3. The molecule has 0 aliphatic rings. The van der Waals surface area contributed by atoms with Gasteiger partial charge >= 0.3 is 0 Å². The zero-order chi connectivity index (χ0) is 15.4. The molecule has 0 unspecified atom stereocenters. The Labute approximate surface area is 130 Å². The summed E-state index contributed by atoms with van der Waals surface area (Å²) in [7, 11) is 3.50. The van der Waals surface area contributed by atoms with Crippen molar-refractivity contribution in [2.24, 2.45) is 0 Å². The highest BCUT2D eigenvalue weighted by Gasteiger charge is 2.10. The first-order valence-corrected chi connectivity index (χ1v) is 7.75. The molecule has 21 heavy (non-hydrogen) atoms. The van der Waals surface area contributed by atoms with E-state index in [1.807, 2.05) is 6.07 Å². The highest BCUT2D eigenvalue weighted by molar-refractivity contribution is 7.98. The second-order valence-corrected chi connectivity index (χ2v) is 6.25. The van der Waals surface area contributed by atoms with Crippen molar-refractivity contribution in [2.45, 2.75) is 17.6 Å². The number of carbonyl (C=O) groups excluding carboxylic acids is 1. The quantitative estimate of drug-likeness (QED) is 0.693. The fourth-order valence-electron chi connectivity index (χ4n) is 2.01. The van der Waals surface area contributed by atoms with Crippen LogP contribution in [0, 0.1) is 6.92 Å². The van der Waals surface area contributed by atoms with Crippen molar-refractivity contribution >= 4 is 23.4 Å². The lowest BCUT2D eigenvalue weighted by Gasteiger charge is -2.12. The monoisotopic (exact) mass is 300 g/mol. The van der Waals surface area contributed by atoms with Crippen LogP contribution in [0.5, 0.6) is 0 Å². The first-order valence-electron chi connectivity index (χ1n) is 6.77. The van der Waals surface area contributed by atoms with Gasteiger partial charge in [-0.15, -0.1) is 11.8 Å². The van der Waals surface area contributed by atoms with Crippen molar-refractivity contribution in [1.82, 2.24) is 4.90 Å². The summed E-state index contributed by atoms with van der Waals surface area (Å²) in [6.07, 6.45) is 0. The van der Waals surface area contributed by atoms with Gasteiger partial charge in [-0.3, -0.25) is 4.79 Å². The van der Waals surface area contributed by atoms with E-state index in [-0.39, 0.29) is 5.91 Å². The Kier molecular flexibility index (Phi) is 4.91. The van der Waals surface area contributed by atoms with Gasteiger partial charge in [-0.25, -0.2) is 0 Å². The van der Waals surface area contributed by atoms with Gasteiger partial charge in [0, 0.05) is 36.0 Å². The van der Waals surface area contributed by atoms with Crippen molar-refractivity contribution in [1.29, 1.82) is 0 Å². The molecule has 0 saturated carbocycles. The van der Waals surface area contributed by atoms with E-state index < -0.39 is 0 Å². The normalized spacial score (nSPS) is 10.4. The van der Waals surface area contributed by atoms with Crippen LogP contribution in [0.2, 0.25) is 0 Å². The van der Waals surface area contributed by atoms with E-state index in [1.54, 1.807) is 42.9 Å². The van der Waals surface area contributed by atoms with Gasteiger partial charge in [-0.2, -0.15) is 0 Å². The van der Waals surface area contributed by atoms with Crippen LogP contribution in [0.1, 0.15) is 21.5 Å². The minimum atomic E-state index is -0.00703. The van der Waals surface area contributed by atoms with Crippen LogP contribution in [0.3, 0.4) is 0 Å². The number of nitrogens with two attached hydrogens (primary N) is 1. The first-order chi connectivity index (χ1) is 9.97. The fraction of sp³-hybridized carbons (Fsp3) is 0.235. The summed E-state index contributed by atoms with van der Waals surface area (Å²) in [6.45, 7) is 2.08. The summed E-state index contributed by atoms with van der Waals surface area (Å²) in [5.74, 6) is 0.832. The second kappa shape index (κ2) is 6.68. The maximum absolute atomic E-state index is 12.0. The SMILES string of the molecule is Cc1cccc(CSc2cc(C(=O)N(C)C)ccc2N)c1. The Morgan fingerprint density at radius 2 is 1.95 bits per heavy atom. The fourth-order valence-corrected chi connectivity index (χ4v) is 2.96. The molecular formula is C17H20N2OS. The molecule has 0 aromatic heterocycles. The van der Waals surface area contributed by atoms with Gasteiger partial charge in [-0.05, 0) is 30.7 Å². The number of nitrogens with zero attached hydrogens (tertiary/aromatic N) is 1. The first kappa shape index (κ1) is 15.4. The molecule has 0 heterocycles. The van der Waals surface area contributed by atoms with E-state index in [4.69, 9.17) is 5.73 Å². The number of aryl methyl sites for hydroxylation is 1. The van der Waals surface area contributed by atoms with Gasteiger partial charge in [0.05, 0.1) is 0 Å². The Morgan fingerprint density at radius 1 is 1.19 bits per heavy atom. The van der Waals surface area contributed by atoms with E-state index in [0.717, 1.165) is 10.6 Å². The molecule has 2 aromatic rings. The third-order valence-corrected chi connectivity index (χ3v) is 4.29. The molecule has 0 saturated heterocycles. The lowest BCUT2D eigenvalue weighted by Crippen LogP contribution is -2.21. The molecule has 0 spiro atoms. The number of anilines is 1. The van der Waals surface area contributed by atoms with Crippen LogP contribution < -0.4 is 5.73 Å². The van der Waals surface area contributed by atoms with Gasteiger partial charge < -0.3 is 10.6 Å². The molecule has 2 aromatic carbocycles. The number of carbonyl (C=O) groups is 1. The lowest BCUT2D eigenvalue weighted by atomic mass is 10.2. The Hall–Kier alpha value is -1.94. The molecule has 0 radical (unpaired) electrons. The number of rotatable bonds is 4. The van der Waals surface area contributed by atoms with Crippen LogP contribution >= 0.6 is 11.8 Å². The molecule has 0 fully saturated rings. The number of nitrogen functional groups attached to an aromatic ring is 1. The highest BCUT2D eigenvalue weighted by atomic mass is 32.2. The third-order valence-electron chi connectivity index (χ3n) is 3.14. The molecule has 0 bridgehead atoms. The molecule has 3 nitrogen and oxygen atoms in total. The van der Waals surface area contributed by atoms with Crippen LogP contribution in [0.15, 0.2) is 47.4 Å². The molecule has 110 valence electrons. The molecule has 0 atom stereocenters. The molecule has 0 aliphatic carbocycles. The number of hydrogen-bond donors (Lipinski definition) is 1.